The summed E-state index contributed by atoms with van der Waals surface area (Å²) in [5.74, 6) is 1.91. The van der Waals surface area contributed by atoms with Crippen molar-refractivity contribution in [3.63, 3.8) is 0 Å². The molecule has 1 aliphatic rings. The molecule has 1 aromatic rings. The minimum atomic E-state index is -0.183. The third-order valence-corrected chi connectivity index (χ3v) is 3.51. The average Bonchev–Trinajstić information content (AvgIpc) is 2.93. The highest BCUT2D eigenvalue weighted by atomic mass is 16.6. The normalized spacial score (nSPS) is 21.5. The van der Waals surface area contributed by atoms with Gasteiger partial charge in [-0.05, 0) is 25.3 Å². The summed E-state index contributed by atoms with van der Waals surface area (Å²) in [6.07, 6.45) is 3.85. The number of rotatable bonds is 7. The topological polar surface area (TPSA) is 83.4 Å². The Morgan fingerprint density at radius 3 is 2.95 bits per heavy atom. The standard InChI is InChI=1S/C13H23N3O3/c1-2-10(5-6-14)3-4-12-15-13(16-19-12)11-9-17-7-8-18-11/h10-11H,2-9,14H2,1H3. The molecule has 0 amide bonds. The van der Waals surface area contributed by atoms with Crippen LogP contribution in [0.25, 0.3) is 0 Å². The summed E-state index contributed by atoms with van der Waals surface area (Å²) in [7, 11) is 0. The lowest BCUT2D eigenvalue weighted by Crippen LogP contribution is -2.22. The van der Waals surface area contributed by atoms with Gasteiger partial charge in [-0.3, -0.25) is 0 Å². The summed E-state index contributed by atoms with van der Waals surface area (Å²) in [6.45, 7) is 4.65. The molecule has 0 radical (unpaired) electrons. The quantitative estimate of drug-likeness (QED) is 0.807. The second-order valence-corrected chi connectivity index (χ2v) is 4.87. The van der Waals surface area contributed by atoms with E-state index in [2.05, 4.69) is 17.1 Å². The molecule has 0 bridgehead atoms. The summed E-state index contributed by atoms with van der Waals surface area (Å²) in [5.41, 5.74) is 5.59. The molecule has 1 saturated heterocycles. The van der Waals surface area contributed by atoms with Gasteiger partial charge in [-0.2, -0.15) is 4.98 Å². The minimum Gasteiger partial charge on any atom is -0.376 e. The highest BCUT2D eigenvalue weighted by Gasteiger charge is 2.22. The molecule has 0 aromatic carbocycles. The highest BCUT2D eigenvalue weighted by molar-refractivity contribution is 4.92. The van der Waals surface area contributed by atoms with Gasteiger partial charge in [-0.15, -0.1) is 0 Å². The van der Waals surface area contributed by atoms with E-state index < -0.39 is 0 Å². The first-order valence-electron chi connectivity index (χ1n) is 7.05. The molecule has 6 heteroatoms. The molecule has 2 heterocycles. The fraction of sp³-hybridized carbons (Fsp3) is 0.846. The largest absolute Gasteiger partial charge is 0.376 e. The Kier molecular flexibility index (Phi) is 5.75. The van der Waals surface area contributed by atoms with Gasteiger partial charge in [0.05, 0.1) is 19.8 Å². The number of ether oxygens (including phenoxy) is 2. The number of nitrogens with zero attached hydrogens (tertiary/aromatic N) is 2. The maximum absolute atomic E-state index is 5.59. The predicted molar refractivity (Wildman–Crippen MR) is 69.6 cm³/mol. The molecule has 1 fully saturated rings. The van der Waals surface area contributed by atoms with Gasteiger partial charge in [0.1, 0.15) is 6.10 Å². The second kappa shape index (κ2) is 7.57. The lowest BCUT2D eigenvalue weighted by molar-refractivity contribution is -0.0941. The second-order valence-electron chi connectivity index (χ2n) is 4.87. The van der Waals surface area contributed by atoms with Gasteiger partial charge in [0, 0.05) is 6.42 Å². The van der Waals surface area contributed by atoms with Crippen molar-refractivity contribution in [2.45, 2.75) is 38.7 Å². The zero-order valence-corrected chi connectivity index (χ0v) is 11.5. The van der Waals surface area contributed by atoms with Crippen LogP contribution >= 0.6 is 0 Å². The zero-order valence-electron chi connectivity index (χ0n) is 11.5. The van der Waals surface area contributed by atoms with Crippen LogP contribution in [0.3, 0.4) is 0 Å². The van der Waals surface area contributed by atoms with Crippen LogP contribution in [0, 0.1) is 5.92 Å². The molecule has 108 valence electrons. The Labute approximate surface area is 113 Å². The molecule has 19 heavy (non-hydrogen) atoms. The van der Waals surface area contributed by atoms with Crippen molar-refractivity contribution in [1.82, 2.24) is 10.1 Å². The predicted octanol–water partition coefficient (Wildman–Crippen LogP) is 1.47. The van der Waals surface area contributed by atoms with E-state index in [0.29, 0.717) is 37.5 Å². The lowest BCUT2D eigenvalue weighted by Gasteiger charge is -2.19. The summed E-state index contributed by atoms with van der Waals surface area (Å²) in [6, 6.07) is 0. The summed E-state index contributed by atoms with van der Waals surface area (Å²) >= 11 is 0. The van der Waals surface area contributed by atoms with E-state index in [1.54, 1.807) is 0 Å². The Bertz CT molecular complexity index is 364. The first-order valence-corrected chi connectivity index (χ1v) is 7.05. The van der Waals surface area contributed by atoms with Gasteiger partial charge >= 0.3 is 0 Å². The number of hydrogen-bond acceptors (Lipinski definition) is 6. The van der Waals surface area contributed by atoms with Crippen LogP contribution in [0.5, 0.6) is 0 Å². The fourth-order valence-electron chi connectivity index (χ4n) is 2.25. The van der Waals surface area contributed by atoms with Gasteiger partial charge in [0.2, 0.25) is 11.7 Å². The number of aromatic nitrogens is 2. The van der Waals surface area contributed by atoms with Crippen LogP contribution in [0.1, 0.15) is 44.0 Å². The molecule has 6 nitrogen and oxygen atoms in total. The SMILES string of the molecule is CCC(CCN)CCc1nc(C2COCCO2)no1. The molecular weight excluding hydrogens is 246 g/mol. The van der Waals surface area contributed by atoms with Gasteiger partial charge in [-0.1, -0.05) is 18.5 Å². The molecule has 1 aromatic heterocycles. The Morgan fingerprint density at radius 2 is 2.26 bits per heavy atom. The smallest absolute Gasteiger partial charge is 0.226 e. The fourth-order valence-corrected chi connectivity index (χ4v) is 2.25. The molecule has 0 aliphatic carbocycles. The summed E-state index contributed by atoms with van der Waals surface area (Å²) in [4.78, 5) is 4.39. The number of aryl methyl sites for hydroxylation is 1. The van der Waals surface area contributed by atoms with E-state index in [1.165, 1.54) is 0 Å². The van der Waals surface area contributed by atoms with E-state index in [1.807, 2.05) is 0 Å². The Hall–Kier alpha value is -0.980. The van der Waals surface area contributed by atoms with Crippen LogP contribution in [-0.4, -0.2) is 36.5 Å². The molecular formula is C13H23N3O3. The van der Waals surface area contributed by atoms with Crippen molar-refractivity contribution in [1.29, 1.82) is 0 Å². The van der Waals surface area contributed by atoms with Crippen LogP contribution in [-0.2, 0) is 15.9 Å². The zero-order chi connectivity index (χ0) is 13.5. The maximum Gasteiger partial charge on any atom is 0.226 e. The van der Waals surface area contributed by atoms with E-state index >= 15 is 0 Å². The molecule has 0 spiro atoms. The molecule has 2 atom stereocenters. The lowest BCUT2D eigenvalue weighted by atomic mass is 9.97. The van der Waals surface area contributed by atoms with Crippen molar-refractivity contribution in [3.8, 4) is 0 Å². The summed E-state index contributed by atoms with van der Waals surface area (Å²) in [5, 5.41) is 3.97. The van der Waals surface area contributed by atoms with Crippen LogP contribution in [0.15, 0.2) is 4.52 Å². The maximum atomic E-state index is 5.59. The van der Waals surface area contributed by atoms with E-state index in [0.717, 1.165) is 32.2 Å². The average molecular weight is 269 g/mol. The molecule has 0 saturated carbocycles. The van der Waals surface area contributed by atoms with E-state index in [4.69, 9.17) is 19.7 Å². The van der Waals surface area contributed by atoms with Crippen LogP contribution in [0.4, 0.5) is 0 Å². The van der Waals surface area contributed by atoms with Gasteiger partial charge < -0.3 is 19.7 Å². The van der Waals surface area contributed by atoms with Crippen LogP contribution in [0.2, 0.25) is 0 Å². The highest BCUT2D eigenvalue weighted by Crippen LogP contribution is 2.19. The van der Waals surface area contributed by atoms with Crippen molar-refractivity contribution in [2.24, 2.45) is 11.7 Å². The third-order valence-electron chi connectivity index (χ3n) is 3.51. The van der Waals surface area contributed by atoms with Gasteiger partial charge in [-0.25, -0.2) is 0 Å². The van der Waals surface area contributed by atoms with Crippen LogP contribution < -0.4 is 5.73 Å². The molecule has 2 rings (SSSR count). The number of hydrogen-bond donors (Lipinski definition) is 1. The van der Waals surface area contributed by atoms with Crippen molar-refractivity contribution in [2.75, 3.05) is 26.4 Å². The Morgan fingerprint density at radius 1 is 1.37 bits per heavy atom. The van der Waals surface area contributed by atoms with Gasteiger partial charge in [0.25, 0.3) is 0 Å². The minimum absolute atomic E-state index is 0.183. The first-order chi connectivity index (χ1) is 9.33. The van der Waals surface area contributed by atoms with Crippen molar-refractivity contribution >= 4 is 0 Å². The summed E-state index contributed by atoms with van der Waals surface area (Å²) < 4.78 is 16.1. The number of nitrogens with two attached hydrogens (primary N) is 1. The van der Waals surface area contributed by atoms with E-state index in [-0.39, 0.29) is 6.10 Å². The Balaban J connectivity index is 1.82. The molecule has 2 N–H and O–H groups in total. The molecule has 2 unspecified atom stereocenters. The molecule has 1 aliphatic heterocycles. The third kappa shape index (κ3) is 4.26. The van der Waals surface area contributed by atoms with Crippen molar-refractivity contribution < 1.29 is 14.0 Å². The van der Waals surface area contributed by atoms with Crippen molar-refractivity contribution in [3.05, 3.63) is 11.7 Å². The van der Waals surface area contributed by atoms with Gasteiger partial charge in [0.15, 0.2) is 0 Å². The van der Waals surface area contributed by atoms with E-state index in [9.17, 15) is 0 Å². The first kappa shape index (κ1) is 14.4. The monoisotopic (exact) mass is 269 g/mol.